The van der Waals surface area contributed by atoms with Crippen LogP contribution in [0.2, 0.25) is 0 Å². The van der Waals surface area contributed by atoms with Gasteiger partial charge in [-0.15, -0.1) is 0 Å². The van der Waals surface area contributed by atoms with Crippen LogP contribution in [0.5, 0.6) is 5.75 Å². The first-order valence-corrected chi connectivity index (χ1v) is 8.96. The molecule has 0 bridgehead atoms. The molecule has 4 atom stereocenters. The minimum atomic E-state index is -2.66. The number of carbonyl (C=O) groups excluding carboxylic acids is 3. The number of hydrogen-bond acceptors (Lipinski definition) is 8. The first-order chi connectivity index (χ1) is 13.4. The molecule has 29 heavy (non-hydrogen) atoms. The van der Waals surface area contributed by atoms with Gasteiger partial charge in [-0.25, -0.2) is 0 Å². The lowest BCUT2D eigenvalue weighted by atomic mass is 9.56. The maximum atomic E-state index is 13.1. The Morgan fingerprint density at radius 2 is 1.83 bits per heavy atom. The van der Waals surface area contributed by atoms with Gasteiger partial charge < -0.3 is 31.3 Å². The van der Waals surface area contributed by atoms with Gasteiger partial charge in [-0.3, -0.25) is 14.4 Å². The van der Waals surface area contributed by atoms with Gasteiger partial charge in [-0.05, 0) is 25.0 Å². The van der Waals surface area contributed by atoms with Gasteiger partial charge in [-0.2, -0.15) is 0 Å². The Kier molecular flexibility index (Phi) is 3.75. The van der Waals surface area contributed by atoms with Crippen LogP contribution in [-0.2, 0) is 15.2 Å². The Morgan fingerprint density at radius 1 is 1.17 bits per heavy atom. The number of Topliss-reactive ketones (excluding diaryl/α,β-unsaturated/α-hetero) is 2. The van der Waals surface area contributed by atoms with Crippen LogP contribution in [0.25, 0.3) is 0 Å². The predicted molar refractivity (Wildman–Crippen MR) is 96.7 cm³/mol. The molecule has 1 unspecified atom stereocenters. The van der Waals surface area contributed by atoms with Crippen molar-refractivity contribution in [1.29, 1.82) is 0 Å². The van der Waals surface area contributed by atoms with Crippen LogP contribution in [0, 0.1) is 11.8 Å². The second-order valence-corrected chi connectivity index (χ2v) is 7.91. The molecule has 0 fully saturated rings. The van der Waals surface area contributed by atoms with Crippen molar-refractivity contribution in [3.8, 4) is 5.75 Å². The van der Waals surface area contributed by atoms with Crippen molar-refractivity contribution in [2.45, 2.75) is 31.0 Å². The van der Waals surface area contributed by atoms with E-state index in [4.69, 9.17) is 5.73 Å². The number of nitrogens with two attached hydrogens (primary N) is 1. The fourth-order valence-electron chi connectivity index (χ4n) is 4.87. The van der Waals surface area contributed by atoms with E-state index >= 15 is 0 Å². The Balaban J connectivity index is 1.99. The van der Waals surface area contributed by atoms with Gasteiger partial charge in [0.1, 0.15) is 22.8 Å². The van der Waals surface area contributed by atoms with Crippen molar-refractivity contribution < 1.29 is 39.9 Å². The number of benzene rings is 1. The molecule has 1 aromatic carbocycles. The molecular weight excluding hydrogens is 382 g/mol. The molecule has 0 saturated carbocycles. The third-order valence-corrected chi connectivity index (χ3v) is 6.36. The van der Waals surface area contributed by atoms with E-state index in [-0.39, 0.29) is 24.0 Å². The smallest absolute Gasteiger partial charge is 0.255 e. The quantitative estimate of drug-likeness (QED) is 0.362. The van der Waals surface area contributed by atoms with Crippen LogP contribution < -0.4 is 5.73 Å². The summed E-state index contributed by atoms with van der Waals surface area (Å²) in [5.41, 5.74) is -0.597. The number of allylic oxidation sites excluding steroid dienone is 1. The van der Waals surface area contributed by atoms with Crippen LogP contribution in [0.1, 0.15) is 35.7 Å². The highest BCUT2D eigenvalue weighted by Gasteiger charge is 2.62. The first-order valence-electron chi connectivity index (χ1n) is 8.96. The zero-order chi connectivity index (χ0) is 21.5. The van der Waals surface area contributed by atoms with E-state index in [0.29, 0.717) is 0 Å². The molecule has 3 aliphatic rings. The van der Waals surface area contributed by atoms with Gasteiger partial charge >= 0.3 is 0 Å². The molecule has 9 heteroatoms. The fourth-order valence-corrected chi connectivity index (χ4v) is 4.87. The normalized spacial score (nSPS) is 33.9. The third-order valence-electron chi connectivity index (χ3n) is 6.36. The number of phenolic OH excluding ortho intramolecular Hbond substituents is 1. The maximum absolute atomic E-state index is 13.1. The Hall–Kier alpha value is -3.17. The molecule has 0 saturated heterocycles. The molecule has 0 spiro atoms. The average Bonchev–Trinajstić information content (AvgIpc) is 2.62. The molecule has 3 aliphatic carbocycles. The van der Waals surface area contributed by atoms with E-state index < -0.39 is 68.9 Å². The Morgan fingerprint density at radius 3 is 2.45 bits per heavy atom. The number of phenols is 1. The van der Waals surface area contributed by atoms with E-state index in [2.05, 4.69) is 0 Å². The number of hydrogen-bond donors (Lipinski definition) is 6. The van der Waals surface area contributed by atoms with Crippen LogP contribution in [-0.4, -0.2) is 48.6 Å². The fraction of sp³-hybridized carbons (Fsp3) is 0.350. The van der Waals surface area contributed by atoms with Crippen LogP contribution in [0.4, 0.5) is 0 Å². The van der Waals surface area contributed by atoms with Crippen molar-refractivity contribution >= 4 is 17.5 Å². The van der Waals surface area contributed by atoms with Crippen molar-refractivity contribution in [3.63, 3.8) is 0 Å². The molecule has 152 valence electrons. The number of aliphatic hydroxyl groups is 4. The number of fused-ring (bicyclic) bond motifs is 3. The third kappa shape index (κ3) is 2.19. The monoisotopic (exact) mass is 401 g/mol. The molecule has 0 aliphatic heterocycles. The van der Waals surface area contributed by atoms with Gasteiger partial charge in [0.25, 0.3) is 5.91 Å². The standard InChI is InChI=1S/C20H19NO8/c1-19(28)8-3-2-4-10(22)12(8)15(24)13-9(19)5-7-6-11(23)14(18(21)27)17(26)20(7,29)16(13)25/h2-4,7,9,22-23,25,28-29H,5-6H2,1H3,(H2,21,27)/t7-,9-,19?,20-/m0/s1. The van der Waals surface area contributed by atoms with E-state index in [1.165, 1.54) is 25.1 Å². The van der Waals surface area contributed by atoms with Crippen LogP contribution in [0.15, 0.2) is 40.9 Å². The van der Waals surface area contributed by atoms with E-state index in [1.54, 1.807) is 0 Å². The molecule has 4 rings (SSSR count). The van der Waals surface area contributed by atoms with E-state index in [9.17, 15) is 39.9 Å². The Labute approximate surface area is 164 Å². The summed E-state index contributed by atoms with van der Waals surface area (Å²) in [6.45, 7) is 1.40. The molecule has 1 aromatic rings. The minimum Gasteiger partial charge on any atom is -0.511 e. The molecule has 0 heterocycles. The second-order valence-electron chi connectivity index (χ2n) is 7.91. The summed E-state index contributed by atoms with van der Waals surface area (Å²) in [6, 6.07) is 4.17. The largest absolute Gasteiger partial charge is 0.511 e. The summed E-state index contributed by atoms with van der Waals surface area (Å²) in [5, 5.41) is 53.5. The SMILES string of the molecule is CC1(O)c2cccc(O)c2C(=O)C2=C(O)[C@]3(O)C(=O)C(C(N)=O)=C(O)C[C@@H]3C[C@@H]21. The maximum Gasteiger partial charge on any atom is 0.255 e. The summed E-state index contributed by atoms with van der Waals surface area (Å²) in [5.74, 6) is -7.60. The van der Waals surface area contributed by atoms with Crippen molar-refractivity contribution in [3.05, 3.63) is 52.0 Å². The lowest BCUT2D eigenvalue weighted by molar-refractivity contribution is -0.147. The topological polar surface area (TPSA) is 178 Å². The number of rotatable bonds is 1. The molecule has 0 aromatic heterocycles. The van der Waals surface area contributed by atoms with Gasteiger partial charge in [0.05, 0.1) is 11.2 Å². The van der Waals surface area contributed by atoms with E-state index in [1.807, 2.05) is 0 Å². The lowest BCUT2D eigenvalue weighted by Crippen LogP contribution is -2.59. The number of ketones is 2. The van der Waals surface area contributed by atoms with Gasteiger partial charge in [0.2, 0.25) is 5.78 Å². The van der Waals surface area contributed by atoms with Gasteiger partial charge in [0, 0.05) is 23.8 Å². The highest BCUT2D eigenvalue weighted by Crippen LogP contribution is 2.55. The van der Waals surface area contributed by atoms with Crippen LogP contribution >= 0.6 is 0 Å². The molecule has 9 nitrogen and oxygen atoms in total. The van der Waals surface area contributed by atoms with Crippen molar-refractivity contribution in [2.75, 3.05) is 0 Å². The number of amides is 1. The molecular formula is C20H19NO8. The summed E-state index contributed by atoms with van der Waals surface area (Å²) in [6.07, 6.45) is -0.503. The highest BCUT2D eigenvalue weighted by atomic mass is 16.3. The zero-order valence-corrected chi connectivity index (χ0v) is 15.3. The molecule has 7 N–H and O–H groups in total. The zero-order valence-electron chi connectivity index (χ0n) is 15.3. The van der Waals surface area contributed by atoms with Crippen molar-refractivity contribution in [2.24, 2.45) is 17.6 Å². The molecule has 1 amide bonds. The average molecular weight is 401 g/mol. The first kappa shape index (κ1) is 19.2. The predicted octanol–water partition coefficient (Wildman–Crippen LogP) is 0.245. The summed E-state index contributed by atoms with van der Waals surface area (Å²) in [4.78, 5) is 37.5. The van der Waals surface area contributed by atoms with Crippen LogP contribution in [0.3, 0.4) is 0 Å². The number of aromatic hydroxyl groups is 1. The Bertz CT molecular complexity index is 1070. The number of primary amides is 1. The van der Waals surface area contributed by atoms with Gasteiger partial charge in [-0.1, -0.05) is 12.1 Å². The summed E-state index contributed by atoms with van der Waals surface area (Å²) < 4.78 is 0. The van der Waals surface area contributed by atoms with Gasteiger partial charge in [0.15, 0.2) is 11.4 Å². The lowest BCUT2D eigenvalue weighted by Gasteiger charge is -2.49. The molecule has 0 radical (unpaired) electrons. The minimum absolute atomic E-state index is 0.147. The highest BCUT2D eigenvalue weighted by molar-refractivity contribution is 6.24. The summed E-state index contributed by atoms with van der Waals surface area (Å²) >= 11 is 0. The second kappa shape index (κ2) is 5.68. The number of carbonyl (C=O) groups is 3. The van der Waals surface area contributed by atoms with Crippen molar-refractivity contribution in [1.82, 2.24) is 0 Å². The summed E-state index contributed by atoms with van der Waals surface area (Å²) in [7, 11) is 0. The van der Waals surface area contributed by atoms with E-state index in [0.717, 1.165) is 0 Å². The number of aliphatic hydroxyl groups excluding tert-OH is 2.